The molecule has 7 heteroatoms. The van der Waals surface area contributed by atoms with Crippen molar-refractivity contribution in [3.8, 4) is 11.1 Å². The van der Waals surface area contributed by atoms with Crippen LogP contribution in [0.2, 0.25) is 0 Å². The average Bonchev–Trinajstić information content (AvgIpc) is 3.19. The molecule has 0 aliphatic rings. The first-order valence-electron chi connectivity index (χ1n) is 9.41. The van der Waals surface area contributed by atoms with Gasteiger partial charge in [-0.15, -0.1) is 11.3 Å². The summed E-state index contributed by atoms with van der Waals surface area (Å²) in [6.07, 6.45) is 1.42. The lowest BCUT2D eigenvalue weighted by atomic mass is 10.1. The largest absolute Gasteiger partial charge is 0.324 e. The number of rotatable bonds is 5. The number of nitrogens with zero attached hydrogens (tertiary/aromatic N) is 2. The van der Waals surface area contributed by atoms with Crippen LogP contribution >= 0.6 is 11.3 Å². The van der Waals surface area contributed by atoms with E-state index in [1.165, 1.54) is 29.2 Å². The zero-order chi connectivity index (χ0) is 21.3. The SMILES string of the molecule is CC(=O)c1ccc(NC(=O)C(C)n2cnc3scc(-c4ccccc4)c3c2=O)cc1. The van der Waals surface area contributed by atoms with Crippen LogP contribution in [0.4, 0.5) is 5.69 Å². The Hall–Kier alpha value is -3.58. The van der Waals surface area contributed by atoms with Crippen molar-refractivity contribution in [3.05, 3.63) is 82.2 Å². The lowest BCUT2D eigenvalue weighted by Crippen LogP contribution is -2.31. The number of aromatic nitrogens is 2. The number of Topliss-reactive ketones (excluding diaryl/α,β-unsaturated/α-hetero) is 1. The first-order valence-corrected chi connectivity index (χ1v) is 10.3. The minimum absolute atomic E-state index is 0.0443. The van der Waals surface area contributed by atoms with Gasteiger partial charge >= 0.3 is 0 Å². The quantitative estimate of drug-likeness (QED) is 0.484. The minimum atomic E-state index is -0.759. The van der Waals surface area contributed by atoms with E-state index < -0.39 is 6.04 Å². The predicted molar refractivity (Wildman–Crippen MR) is 119 cm³/mol. The maximum atomic E-state index is 13.2. The number of fused-ring (bicyclic) bond motifs is 1. The van der Waals surface area contributed by atoms with Crippen molar-refractivity contribution in [3.63, 3.8) is 0 Å². The molecule has 1 amide bonds. The van der Waals surface area contributed by atoms with Gasteiger partial charge in [0.1, 0.15) is 10.9 Å². The first-order chi connectivity index (χ1) is 14.5. The molecule has 0 bridgehead atoms. The van der Waals surface area contributed by atoms with Gasteiger partial charge in [-0.2, -0.15) is 0 Å². The monoisotopic (exact) mass is 417 g/mol. The van der Waals surface area contributed by atoms with E-state index in [1.807, 2.05) is 35.7 Å². The zero-order valence-corrected chi connectivity index (χ0v) is 17.3. The Kier molecular flexibility index (Phi) is 5.29. The highest BCUT2D eigenvalue weighted by atomic mass is 32.1. The Labute approximate surface area is 176 Å². The number of carbonyl (C=O) groups excluding carboxylic acids is 2. The predicted octanol–water partition coefficient (Wildman–Crippen LogP) is 4.53. The van der Waals surface area contributed by atoms with Crippen molar-refractivity contribution in [2.45, 2.75) is 19.9 Å². The zero-order valence-electron chi connectivity index (χ0n) is 16.5. The summed E-state index contributed by atoms with van der Waals surface area (Å²) in [7, 11) is 0. The number of thiophene rings is 1. The van der Waals surface area contributed by atoms with Crippen molar-refractivity contribution < 1.29 is 9.59 Å². The Morgan fingerprint density at radius 1 is 1.07 bits per heavy atom. The van der Waals surface area contributed by atoms with Crippen LogP contribution in [0.1, 0.15) is 30.2 Å². The number of hydrogen-bond acceptors (Lipinski definition) is 5. The molecule has 0 aliphatic carbocycles. The highest BCUT2D eigenvalue weighted by Crippen LogP contribution is 2.30. The number of carbonyl (C=O) groups is 2. The molecule has 0 saturated heterocycles. The molecule has 2 aromatic carbocycles. The molecule has 0 saturated carbocycles. The van der Waals surface area contributed by atoms with Crippen LogP contribution in [-0.4, -0.2) is 21.2 Å². The number of ketones is 1. The van der Waals surface area contributed by atoms with E-state index >= 15 is 0 Å². The van der Waals surface area contributed by atoms with E-state index in [1.54, 1.807) is 31.2 Å². The van der Waals surface area contributed by atoms with Crippen molar-refractivity contribution in [2.75, 3.05) is 5.32 Å². The molecule has 1 N–H and O–H groups in total. The van der Waals surface area contributed by atoms with Crippen molar-refractivity contribution in [1.29, 1.82) is 0 Å². The molecule has 1 atom stereocenters. The van der Waals surface area contributed by atoms with Crippen LogP contribution < -0.4 is 10.9 Å². The molecule has 2 aromatic heterocycles. The molecule has 30 heavy (non-hydrogen) atoms. The van der Waals surface area contributed by atoms with Gasteiger partial charge in [-0.05, 0) is 43.7 Å². The molecule has 2 heterocycles. The molecular weight excluding hydrogens is 398 g/mol. The fraction of sp³-hybridized carbons (Fsp3) is 0.130. The summed E-state index contributed by atoms with van der Waals surface area (Å²) in [6.45, 7) is 3.14. The third-order valence-corrected chi connectivity index (χ3v) is 5.85. The van der Waals surface area contributed by atoms with Gasteiger partial charge in [0, 0.05) is 22.2 Å². The van der Waals surface area contributed by atoms with Gasteiger partial charge in [0.2, 0.25) is 5.91 Å². The highest BCUT2D eigenvalue weighted by molar-refractivity contribution is 7.17. The van der Waals surface area contributed by atoms with Crippen molar-refractivity contribution >= 4 is 38.9 Å². The summed E-state index contributed by atoms with van der Waals surface area (Å²) in [5.74, 6) is -0.387. The van der Waals surface area contributed by atoms with E-state index in [0.717, 1.165) is 11.1 Å². The van der Waals surface area contributed by atoms with E-state index in [4.69, 9.17) is 0 Å². The molecule has 0 spiro atoms. The number of nitrogens with one attached hydrogen (secondary N) is 1. The second kappa shape index (κ2) is 8.04. The van der Waals surface area contributed by atoms with Gasteiger partial charge in [-0.1, -0.05) is 30.3 Å². The second-order valence-electron chi connectivity index (χ2n) is 6.95. The Morgan fingerprint density at radius 3 is 2.43 bits per heavy atom. The van der Waals surface area contributed by atoms with Gasteiger partial charge < -0.3 is 5.32 Å². The lowest BCUT2D eigenvalue weighted by Gasteiger charge is -2.15. The van der Waals surface area contributed by atoms with E-state index in [0.29, 0.717) is 21.5 Å². The molecule has 0 fully saturated rings. The van der Waals surface area contributed by atoms with E-state index in [2.05, 4.69) is 10.3 Å². The molecule has 4 rings (SSSR count). The standard InChI is InChI=1S/C23H19N3O3S/c1-14(21(28)25-18-10-8-16(9-11-18)15(2)27)26-13-24-22-20(23(26)29)19(12-30-22)17-6-4-3-5-7-17/h3-14H,1-2H3,(H,25,28). The van der Waals surface area contributed by atoms with Gasteiger partial charge in [0.05, 0.1) is 11.7 Å². The van der Waals surface area contributed by atoms with E-state index in [9.17, 15) is 14.4 Å². The Bertz CT molecular complexity index is 1290. The Balaban J connectivity index is 1.65. The number of benzene rings is 2. The molecule has 1 unspecified atom stereocenters. The van der Waals surface area contributed by atoms with Crippen LogP contribution in [0.15, 0.2) is 71.1 Å². The fourth-order valence-electron chi connectivity index (χ4n) is 3.21. The first kappa shape index (κ1) is 19.7. The molecular formula is C23H19N3O3S. The third-order valence-electron chi connectivity index (χ3n) is 4.96. The third kappa shape index (κ3) is 3.67. The number of hydrogen-bond donors (Lipinski definition) is 1. The molecule has 0 aliphatic heterocycles. The summed E-state index contributed by atoms with van der Waals surface area (Å²) in [6, 6.07) is 15.5. The highest BCUT2D eigenvalue weighted by Gasteiger charge is 2.20. The minimum Gasteiger partial charge on any atom is -0.324 e. The van der Waals surface area contributed by atoms with Crippen LogP contribution in [0.5, 0.6) is 0 Å². The van der Waals surface area contributed by atoms with Crippen molar-refractivity contribution in [1.82, 2.24) is 9.55 Å². The van der Waals surface area contributed by atoms with Crippen LogP contribution in [-0.2, 0) is 4.79 Å². The summed E-state index contributed by atoms with van der Waals surface area (Å²) < 4.78 is 1.35. The molecule has 4 aromatic rings. The maximum absolute atomic E-state index is 13.2. The normalized spacial score (nSPS) is 11.9. The summed E-state index contributed by atoms with van der Waals surface area (Å²) >= 11 is 1.41. The molecule has 6 nitrogen and oxygen atoms in total. The lowest BCUT2D eigenvalue weighted by molar-refractivity contribution is -0.118. The smallest absolute Gasteiger partial charge is 0.263 e. The van der Waals surface area contributed by atoms with Gasteiger partial charge in [-0.25, -0.2) is 4.98 Å². The fourth-order valence-corrected chi connectivity index (χ4v) is 4.12. The average molecular weight is 417 g/mol. The number of anilines is 1. The summed E-state index contributed by atoms with van der Waals surface area (Å²) in [5.41, 5.74) is 2.62. The second-order valence-corrected chi connectivity index (χ2v) is 7.81. The van der Waals surface area contributed by atoms with Gasteiger partial charge in [0.25, 0.3) is 5.56 Å². The number of amides is 1. The van der Waals surface area contributed by atoms with Gasteiger partial charge in [0.15, 0.2) is 5.78 Å². The van der Waals surface area contributed by atoms with Crippen LogP contribution in [0, 0.1) is 0 Å². The van der Waals surface area contributed by atoms with Crippen LogP contribution in [0.3, 0.4) is 0 Å². The van der Waals surface area contributed by atoms with Crippen molar-refractivity contribution in [2.24, 2.45) is 0 Å². The van der Waals surface area contributed by atoms with E-state index in [-0.39, 0.29) is 17.2 Å². The Morgan fingerprint density at radius 2 is 1.77 bits per heavy atom. The van der Waals surface area contributed by atoms with Gasteiger partial charge in [-0.3, -0.25) is 19.0 Å². The molecule has 150 valence electrons. The summed E-state index contributed by atoms with van der Waals surface area (Å²) in [4.78, 5) is 42.4. The van der Waals surface area contributed by atoms with Crippen LogP contribution in [0.25, 0.3) is 21.3 Å². The summed E-state index contributed by atoms with van der Waals surface area (Å²) in [5, 5.41) is 5.22. The maximum Gasteiger partial charge on any atom is 0.263 e. The molecule has 0 radical (unpaired) electrons. The topological polar surface area (TPSA) is 81.1 Å².